The molecule has 3 atom stereocenters. The quantitative estimate of drug-likeness (QED) is 0.791. The first kappa shape index (κ1) is 12.6. The van der Waals surface area contributed by atoms with Crippen molar-refractivity contribution in [3.63, 3.8) is 0 Å². The Bertz CT molecular complexity index is 334. The standard InChI is InChI=1S/C15H24N2/c1-11(2)14(16)8-9-17-15-10-13(15)12-6-4-3-5-7-12/h3-7,11,13-15,17H,8-10,16H2,1-2H3. The van der Waals surface area contributed by atoms with Gasteiger partial charge in [-0.25, -0.2) is 0 Å². The van der Waals surface area contributed by atoms with Crippen LogP contribution in [0.2, 0.25) is 0 Å². The first-order valence-corrected chi connectivity index (χ1v) is 6.72. The summed E-state index contributed by atoms with van der Waals surface area (Å²) in [5, 5.41) is 3.61. The molecule has 0 saturated heterocycles. The molecule has 0 radical (unpaired) electrons. The molecule has 94 valence electrons. The molecule has 2 rings (SSSR count). The lowest BCUT2D eigenvalue weighted by Crippen LogP contribution is -2.31. The Morgan fingerprint density at radius 3 is 2.65 bits per heavy atom. The predicted molar refractivity (Wildman–Crippen MR) is 73.0 cm³/mol. The molecule has 2 heteroatoms. The molecule has 0 spiro atoms. The van der Waals surface area contributed by atoms with Crippen molar-refractivity contribution in [1.29, 1.82) is 0 Å². The summed E-state index contributed by atoms with van der Waals surface area (Å²) in [6, 6.07) is 11.8. The van der Waals surface area contributed by atoms with Gasteiger partial charge in [0.25, 0.3) is 0 Å². The third kappa shape index (κ3) is 3.55. The van der Waals surface area contributed by atoms with Crippen LogP contribution in [0, 0.1) is 5.92 Å². The normalized spacial score (nSPS) is 24.9. The van der Waals surface area contributed by atoms with Gasteiger partial charge >= 0.3 is 0 Å². The second-order valence-corrected chi connectivity index (χ2v) is 5.51. The van der Waals surface area contributed by atoms with Crippen LogP contribution in [-0.2, 0) is 0 Å². The van der Waals surface area contributed by atoms with E-state index >= 15 is 0 Å². The molecular formula is C15H24N2. The molecule has 17 heavy (non-hydrogen) atoms. The Balaban J connectivity index is 1.67. The van der Waals surface area contributed by atoms with Gasteiger partial charge in [0.15, 0.2) is 0 Å². The number of rotatable bonds is 6. The zero-order chi connectivity index (χ0) is 12.3. The van der Waals surface area contributed by atoms with Crippen LogP contribution in [0.1, 0.15) is 38.2 Å². The molecule has 1 aliphatic rings. The Hall–Kier alpha value is -0.860. The summed E-state index contributed by atoms with van der Waals surface area (Å²) in [5.41, 5.74) is 7.50. The van der Waals surface area contributed by atoms with E-state index < -0.39 is 0 Å². The van der Waals surface area contributed by atoms with Crippen LogP contribution in [-0.4, -0.2) is 18.6 Å². The van der Waals surface area contributed by atoms with Crippen molar-refractivity contribution in [3.8, 4) is 0 Å². The van der Waals surface area contributed by atoms with E-state index in [0.717, 1.165) is 18.9 Å². The highest BCUT2D eigenvalue weighted by Gasteiger charge is 2.37. The lowest BCUT2D eigenvalue weighted by atomic mass is 10.0. The Kier molecular flexibility index (Phi) is 4.19. The maximum Gasteiger partial charge on any atom is 0.0143 e. The minimum atomic E-state index is 0.330. The monoisotopic (exact) mass is 232 g/mol. The fraction of sp³-hybridized carbons (Fsp3) is 0.600. The zero-order valence-electron chi connectivity index (χ0n) is 10.9. The second-order valence-electron chi connectivity index (χ2n) is 5.51. The van der Waals surface area contributed by atoms with E-state index in [4.69, 9.17) is 5.73 Å². The van der Waals surface area contributed by atoms with Gasteiger partial charge in [0, 0.05) is 18.0 Å². The maximum atomic E-state index is 6.03. The molecule has 3 N–H and O–H groups in total. The van der Waals surface area contributed by atoms with Gasteiger partial charge in [0.1, 0.15) is 0 Å². The van der Waals surface area contributed by atoms with Crippen LogP contribution < -0.4 is 11.1 Å². The second kappa shape index (κ2) is 5.65. The topological polar surface area (TPSA) is 38.0 Å². The highest BCUT2D eigenvalue weighted by molar-refractivity contribution is 5.27. The molecule has 1 saturated carbocycles. The van der Waals surface area contributed by atoms with Crippen LogP contribution in [0.15, 0.2) is 30.3 Å². The van der Waals surface area contributed by atoms with Crippen LogP contribution in [0.4, 0.5) is 0 Å². The summed E-state index contributed by atoms with van der Waals surface area (Å²) < 4.78 is 0. The van der Waals surface area contributed by atoms with E-state index in [9.17, 15) is 0 Å². The SMILES string of the molecule is CC(C)C(N)CCNC1CC1c1ccccc1. The molecule has 2 nitrogen and oxygen atoms in total. The molecule has 0 amide bonds. The molecule has 1 aromatic carbocycles. The average Bonchev–Trinajstić information content (AvgIpc) is 3.09. The number of benzene rings is 1. The van der Waals surface area contributed by atoms with Crippen molar-refractivity contribution in [3.05, 3.63) is 35.9 Å². The number of nitrogens with one attached hydrogen (secondary N) is 1. The van der Waals surface area contributed by atoms with Crippen molar-refractivity contribution in [2.75, 3.05) is 6.54 Å². The molecule has 1 aromatic rings. The van der Waals surface area contributed by atoms with E-state index in [-0.39, 0.29) is 0 Å². The predicted octanol–water partition coefficient (Wildman–Crippen LogP) is 2.51. The highest BCUT2D eigenvalue weighted by atomic mass is 15.0. The van der Waals surface area contributed by atoms with Crippen molar-refractivity contribution >= 4 is 0 Å². The Labute approximate surface area is 105 Å². The van der Waals surface area contributed by atoms with Crippen LogP contribution >= 0.6 is 0 Å². The van der Waals surface area contributed by atoms with Crippen molar-refractivity contribution in [2.45, 2.75) is 44.7 Å². The van der Waals surface area contributed by atoms with Gasteiger partial charge in [-0.2, -0.15) is 0 Å². The minimum Gasteiger partial charge on any atom is -0.327 e. The average molecular weight is 232 g/mol. The lowest BCUT2D eigenvalue weighted by molar-refractivity contribution is 0.448. The van der Waals surface area contributed by atoms with Gasteiger partial charge in [-0.05, 0) is 30.9 Å². The lowest BCUT2D eigenvalue weighted by Gasteiger charge is -2.15. The molecule has 1 fully saturated rings. The van der Waals surface area contributed by atoms with E-state index in [1.165, 1.54) is 12.0 Å². The number of hydrogen-bond donors (Lipinski definition) is 2. The summed E-state index contributed by atoms with van der Waals surface area (Å²) in [6.07, 6.45) is 2.36. The van der Waals surface area contributed by atoms with Crippen LogP contribution in [0.5, 0.6) is 0 Å². The van der Waals surface area contributed by atoms with Crippen molar-refractivity contribution < 1.29 is 0 Å². The maximum absolute atomic E-state index is 6.03. The van der Waals surface area contributed by atoms with E-state index in [1.54, 1.807) is 0 Å². The molecular weight excluding hydrogens is 208 g/mol. The summed E-state index contributed by atoms with van der Waals surface area (Å²) in [5.74, 6) is 1.31. The third-order valence-corrected chi connectivity index (χ3v) is 3.76. The number of hydrogen-bond acceptors (Lipinski definition) is 2. The van der Waals surface area contributed by atoms with Crippen molar-refractivity contribution in [1.82, 2.24) is 5.32 Å². The zero-order valence-corrected chi connectivity index (χ0v) is 10.9. The van der Waals surface area contributed by atoms with Gasteiger partial charge in [0.05, 0.1) is 0 Å². The van der Waals surface area contributed by atoms with E-state index in [0.29, 0.717) is 18.0 Å². The Morgan fingerprint density at radius 1 is 1.29 bits per heavy atom. The van der Waals surface area contributed by atoms with Gasteiger partial charge in [-0.3, -0.25) is 0 Å². The number of nitrogens with two attached hydrogens (primary N) is 1. The first-order valence-electron chi connectivity index (χ1n) is 6.72. The smallest absolute Gasteiger partial charge is 0.0143 e. The molecule has 1 aliphatic carbocycles. The summed E-state index contributed by atoms with van der Waals surface area (Å²) in [4.78, 5) is 0. The highest BCUT2D eigenvalue weighted by Crippen LogP contribution is 2.40. The largest absolute Gasteiger partial charge is 0.327 e. The van der Waals surface area contributed by atoms with Crippen LogP contribution in [0.3, 0.4) is 0 Å². The van der Waals surface area contributed by atoms with E-state index in [2.05, 4.69) is 49.5 Å². The first-order chi connectivity index (χ1) is 8.18. The fourth-order valence-electron chi connectivity index (χ4n) is 2.26. The summed E-state index contributed by atoms with van der Waals surface area (Å²) in [7, 11) is 0. The van der Waals surface area contributed by atoms with Gasteiger partial charge < -0.3 is 11.1 Å². The van der Waals surface area contributed by atoms with Gasteiger partial charge in [-0.1, -0.05) is 44.2 Å². The van der Waals surface area contributed by atoms with E-state index in [1.807, 2.05) is 0 Å². The third-order valence-electron chi connectivity index (χ3n) is 3.76. The molecule has 0 aromatic heterocycles. The Morgan fingerprint density at radius 2 is 2.00 bits per heavy atom. The minimum absolute atomic E-state index is 0.330. The van der Waals surface area contributed by atoms with Crippen molar-refractivity contribution in [2.24, 2.45) is 11.7 Å². The van der Waals surface area contributed by atoms with Gasteiger partial charge in [0.2, 0.25) is 0 Å². The van der Waals surface area contributed by atoms with Gasteiger partial charge in [-0.15, -0.1) is 0 Å². The van der Waals surface area contributed by atoms with Crippen LogP contribution in [0.25, 0.3) is 0 Å². The summed E-state index contributed by atoms with van der Waals surface area (Å²) >= 11 is 0. The molecule has 3 unspecified atom stereocenters. The molecule has 0 aliphatic heterocycles. The summed E-state index contributed by atoms with van der Waals surface area (Å²) in [6.45, 7) is 5.43. The molecule has 0 heterocycles. The fourth-order valence-corrected chi connectivity index (χ4v) is 2.26. The molecule has 0 bridgehead atoms.